The molecule has 0 aliphatic carbocycles. The van der Waals surface area contributed by atoms with Crippen molar-refractivity contribution in [1.82, 2.24) is 4.90 Å². The largest absolute Gasteiger partial charge is 0.409 e. The number of carbonyl (C=O) groups excluding carboxylic acids is 1. The number of likely N-dealkylation sites (tertiary alicyclic amines) is 1. The number of amides is 1. The van der Waals surface area contributed by atoms with Crippen molar-refractivity contribution >= 4 is 11.7 Å². The van der Waals surface area contributed by atoms with Crippen LogP contribution in [0.4, 0.5) is 0 Å². The van der Waals surface area contributed by atoms with Gasteiger partial charge in [0, 0.05) is 20.2 Å². The van der Waals surface area contributed by atoms with Crippen LogP contribution in [0.1, 0.15) is 39.5 Å². The van der Waals surface area contributed by atoms with Crippen LogP contribution < -0.4 is 5.73 Å². The molecule has 0 aromatic rings. The van der Waals surface area contributed by atoms with Gasteiger partial charge in [-0.25, -0.2) is 0 Å². The van der Waals surface area contributed by atoms with Crippen LogP contribution in [-0.4, -0.2) is 48.2 Å². The molecule has 0 saturated carbocycles. The van der Waals surface area contributed by atoms with Crippen LogP contribution in [0.15, 0.2) is 5.16 Å². The second kappa shape index (κ2) is 6.75. The third-order valence-electron chi connectivity index (χ3n) is 4.28. The number of methoxy groups -OCH3 is 1. The average Bonchev–Trinajstić information content (AvgIpc) is 2.48. The first-order valence-corrected chi connectivity index (χ1v) is 6.85. The van der Waals surface area contributed by atoms with E-state index in [2.05, 4.69) is 5.16 Å². The van der Waals surface area contributed by atoms with Crippen molar-refractivity contribution < 1.29 is 14.7 Å². The summed E-state index contributed by atoms with van der Waals surface area (Å²) in [4.78, 5) is 14.5. The van der Waals surface area contributed by atoms with Gasteiger partial charge in [0.05, 0.1) is 6.10 Å². The van der Waals surface area contributed by atoms with E-state index < -0.39 is 5.41 Å². The van der Waals surface area contributed by atoms with Crippen LogP contribution in [0.25, 0.3) is 0 Å². The Morgan fingerprint density at radius 3 is 2.32 bits per heavy atom. The number of amidine groups is 1. The molecule has 110 valence electrons. The average molecular weight is 271 g/mol. The van der Waals surface area contributed by atoms with Gasteiger partial charge in [-0.1, -0.05) is 19.0 Å². The molecule has 6 nitrogen and oxygen atoms in total. The molecule has 0 spiro atoms. The highest BCUT2D eigenvalue weighted by atomic mass is 16.5. The molecule has 6 heteroatoms. The summed E-state index contributed by atoms with van der Waals surface area (Å²) < 4.78 is 5.30. The summed E-state index contributed by atoms with van der Waals surface area (Å²) in [5.41, 5.74) is 4.88. The van der Waals surface area contributed by atoms with Gasteiger partial charge in [0.2, 0.25) is 5.91 Å². The van der Waals surface area contributed by atoms with E-state index in [4.69, 9.17) is 15.7 Å². The molecule has 0 aromatic heterocycles. The molecule has 0 atom stereocenters. The maximum Gasteiger partial charge on any atom is 0.236 e. The van der Waals surface area contributed by atoms with Crippen molar-refractivity contribution in [3.8, 4) is 0 Å². The second-order valence-electron chi connectivity index (χ2n) is 5.00. The molecule has 1 rings (SSSR count). The van der Waals surface area contributed by atoms with E-state index in [0.717, 1.165) is 12.8 Å². The first kappa shape index (κ1) is 15.8. The summed E-state index contributed by atoms with van der Waals surface area (Å²) in [6.07, 6.45) is 2.96. The lowest BCUT2D eigenvalue weighted by molar-refractivity contribution is -0.141. The van der Waals surface area contributed by atoms with Gasteiger partial charge < -0.3 is 20.6 Å². The predicted octanol–water partition coefficient (Wildman–Crippen LogP) is 1.18. The number of nitrogens with two attached hydrogens (primary N) is 1. The molecule has 3 N–H and O–H groups in total. The number of piperidine rings is 1. The third-order valence-corrected chi connectivity index (χ3v) is 4.28. The summed E-state index contributed by atoms with van der Waals surface area (Å²) in [7, 11) is 1.70. The van der Waals surface area contributed by atoms with Crippen LogP contribution >= 0.6 is 0 Å². The first-order chi connectivity index (χ1) is 9.05. The van der Waals surface area contributed by atoms with Crippen molar-refractivity contribution in [2.24, 2.45) is 16.3 Å². The van der Waals surface area contributed by atoms with E-state index in [1.807, 2.05) is 13.8 Å². The minimum absolute atomic E-state index is 0.0105. The van der Waals surface area contributed by atoms with Gasteiger partial charge in [0.15, 0.2) is 5.84 Å². The van der Waals surface area contributed by atoms with Crippen LogP contribution in [0.2, 0.25) is 0 Å². The molecule has 0 aromatic carbocycles. The van der Waals surface area contributed by atoms with Gasteiger partial charge in [0.1, 0.15) is 5.41 Å². The second-order valence-corrected chi connectivity index (χ2v) is 5.00. The van der Waals surface area contributed by atoms with E-state index in [1.54, 1.807) is 12.0 Å². The fraction of sp³-hybridized carbons (Fsp3) is 0.846. The van der Waals surface area contributed by atoms with E-state index in [0.29, 0.717) is 25.9 Å². The van der Waals surface area contributed by atoms with Crippen molar-refractivity contribution in [2.45, 2.75) is 45.6 Å². The van der Waals surface area contributed by atoms with Gasteiger partial charge in [-0.05, 0) is 25.7 Å². The molecule has 1 aliphatic heterocycles. The number of nitrogens with zero attached hydrogens (tertiary/aromatic N) is 2. The zero-order valence-electron chi connectivity index (χ0n) is 12.1. The predicted molar refractivity (Wildman–Crippen MR) is 73.0 cm³/mol. The van der Waals surface area contributed by atoms with E-state index >= 15 is 0 Å². The Morgan fingerprint density at radius 2 is 1.95 bits per heavy atom. The lowest BCUT2D eigenvalue weighted by Crippen LogP contribution is -2.53. The monoisotopic (exact) mass is 271 g/mol. The number of hydrogen-bond donors (Lipinski definition) is 2. The minimum atomic E-state index is -0.880. The van der Waals surface area contributed by atoms with Crippen LogP contribution in [0.5, 0.6) is 0 Å². The molecular weight excluding hydrogens is 246 g/mol. The molecule has 1 heterocycles. The topological polar surface area (TPSA) is 88.2 Å². The van der Waals surface area contributed by atoms with Gasteiger partial charge in [0.25, 0.3) is 0 Å². The molecule has 0 unspecified atom stereocenters. The molecule has 1 fully saturated rings. The van der Waals surface area contributed by atoms with E-state index in [9.17, 15) is 4.79 Å². The van der Waals surface area contributed by atoms with Crippen molar-refractivity contribution in [3.05, 3.63) is 0 Å². The van der Waals surface area contributed by atoms with Crippen LogP contribution in [0, 0.1) is 5.41 Å². The SMILES string of the molecule is CCC(CC)(C(=O)N1CCC(OC)CC1)C(N)=NO. The van der Waals surface area contributed by atoms with E-state index in [-0.39, 0.29) is 17.8 Å². The summed E-state index contributed by atoms with van der Waals surface area (Å²) in [5, 5.41) is 12.0. The van der Waals surface area contributed by atoms with Gasteiger partial charge in [-0.15, -0.1) is 0 Å². The maximum absolute atomic E-state index is 12.7. The molecule has 1 amide bonds. The molecule has 19 heavy (non-hydrogen) atoms. The third kappa shape index (κ3) is 3.00. The quantitative estimate of drug-likeness (QED) is 0.340. The fourth-order valence-corrected chi connectivity index (χ4v) is 2.72. The van der Waals surface area contributed by atoms with Gasteiger partial charge in [-0.2, -0.15) is 0 Å². The Hall–Kier alpha value is -1.30. The maximum atomic E-state index is 12.7. The van der Waals surface area contributed by atoms with Gasteiger partial charge >= 0.3 is 0 Å². The highest BCUT2D eigenvalue weighted by Crippen LogP contribution is 2.31. The lowest BCUT2D eigenvalue weighted by atomic mass is 9.79. The summed E-state index contributed by atoms with van der Waals surface area (Å²) >= 11 is 0. The molecule has 0 bridgehead atoms. The fourth-order valence-electron chi connectivity index (χ4n) is 2.72. The molecule has 1 aliphatic rings. The summed E-state index contributed by atoms with van der Waals surface area (Å²) in [5.74, 6) is -0.0290. The standard InChI is InChI=1S/C13H25N3O3/c1-4-13(5-2,11(14)15-18)12(17)16-8-6-10(19-3)7-9-16/h10,18H,4-9H2,1-3H3,(H2,14,15). The Balaban J connectivity index is 2.84. The molecule has 1 saturated heterocycles. The van der Waals surface area contributed by atoms with Crippen molar-refractivity contribution in [3.63, 3.8) is 0 Å². The van der Waals surface area contributed by atoms with Crippen LogP contribution in [-0.2, 0) is 9.53 Å². The van der Waals surface area contributed by atoms with E-state index in [1.165, 1.54) is 0 Å². The molecular formula is C13H25N3O3. The zero-order chi connectivity index (χ0) is 14.5. The number of oxime groups is 1. The van der Waals surface area contributed by atoms with Crippen LogP contribution in [0.3, 0.4) is 0 Å². The lowest BCUT2D eigenvalue weighted by Gasteiger charge is -2.38. The summed E-state index contributed by atoms with van der Waals surface area (Å²) in [6.45, 7) is 5.11. The minimum Gasteiger partial charge on any atom is -0.409 e. The smallest absolute Gasteiger partial charge is 0.236 e. The number of ether oxygens (including phenoxy) is 1. The Kier molecular flexibility index (Phi) is 5.60. The van der Waals surface area contributed by atoms with Crippen molar-refractivity contribution in [2.75, 3.05) is 20.2 Å². The Labute approximate surface area is 114 Å². The van der Waals surface area contributed by atoms with Gasteiger partial charge in [-0.3, -0.25) is 4.79 Å². The highest BCUT2D eigenvalue weighted by Gasteiger charge is 2.43. The normalized spacial score (nSPS) is 18.7. The summed E-state index contributed by atoms with van der Waals surface area (Å²) in [6, 6.07) is 0. The zero-order valence-corrected chi connectivity index (χ0v) is 12.1. The first-order valence-electron chi connectivity index (χ1n) is 6.85. The number of rotatable bonds is 5. The Bertz CT molecular complexity index is 332. The number of hydrogen-bond acceptors (Lipinski definition) is 4. The number of carbonyl (C=O) groups is 1. The van der Waals surface area contributed by atoms with Crippen molar-refractivity contribution in [1.29, 1.82) is 0 Å². The highest BCUT2D eigenvalue weighted by molar-refractivity contribution is 6.06. The Morgan fingerprint density at radius 1 is 1.42 bits per heavy atom. The molecule has 0 radical (unpaired) electrons.